The van der Waals surface area contributed by atoms with E-state index in [-0.39, 0.29) is 23.7 Å². The maximum atomic E-state index is 13.0. The summed E-state index contributed by atoms with van der Waals surface area (Å²) in [5.74, 6) is 1.02. The molecule has 5 heteroatoms. The summed E-state index contributed by atoms with van der Waals surface area (Å²) in [4.78, 5) is 32.7. The molecule has 2 aromatic carbocycles. The van der Waals surface area contributed by atoms with Crippen LogP contribution in [0.5, 0.6) is 0 Å². The fourth-order valence-corrected chi connectivity index (χ4v) is 6.99. The number of aromatic nitrogens is 1. The van der Waals surface area contributed by atoms with Gasteiger partial charge in [0.1, 0.15) is 0 Å². The summed E-state index contributed by atoms with van der Waals surface area (Å²) in [5.41, 5.74) is 5.31. The molecular weight excluding hydrogens is 458 g/mol. The monoisotopic (exact) mass is 495 g/mol. The molecule has 1 saturated carbocycles. The number of fused-ring (bicyclic) bond motifs is 6. The number of carbonyl (C=O) groups excluding carboxylic acids is 2. The Balaban J connectivity index is 1.02. The second-order valence-electron chi connectivity index (χ2n) is 11.6. The summed E-state index contributed by atoms with van der Waals surface area (Å²) in [6.07, 6.45) is 9.87. The molecule has 192 valence electrons. The Bertz CT molecular complexity index is 1320. The lowest BCUT2D eigenvalue weighted by molar-refractivity contribution is 0.0917. The molecule has 3 heterocycles. The summed E-state index contributed by atoms with van der Waals surface area (Å²) in [6.45, 7) is 5.09. The number of hydrogen-bond acceptors (Lipinski definition) is 4. The van der Waals surface area contributed by atoms with E-state index in [2.05, 4.69) is 27.3 Å². The number of carbonyl (C=O) groups is 2. The van der Waals surface area contributed by atoms with Crippen LogP contribution in [0.25, 0.3) is 10.9 Å². The summed E-state index contributed by atoms with van der Waals surface area (Å²) in [7, 11) is 0. The van der Waals surface area contributed by atoms with Gasteiger partial charge in [-0.05, 0) is 92.8 Å². The maximum Gasteiger partial charge on any atom is 0.252 e. The van der Waals surface area contributed by atoms with Crippen LogP contribution in [0.1, 0.15) is 103 Å². The molecule has 0 radical (unpaired) electrons. The minimum absolute atomic E-state index is 0.0174. The van der Waals surface area contributed by atoms with E-state index in [0.717, 1.165) is 47.3 Å². The van der Waals surface area contributed by atoms with E-state index in [1.807, 2.05) is 50.2 Å². The topological polar surface area (TPSA) is 62.3 Å². The van der Waals surface area contributed by atoms with Gasteiger partial charge in [0.25, 0.3) is 5.91 Å². The van der Waals surface area contributed by atoms with Gasteiger partial charge in [0.15, 0.2) is 5.78 Å². The molecule has 1 aromatic heterocycles. The van der Waals surface area contributed by atoms with Crippen LogP contribution in [0.3, 0.4) is 0 Å². The van der Waals surface area contributed by atoms with Gasteiger partial charge in [-0.1, -0.05) is 38.1 Å². The standard InChI is InChI=1S/C32H37N3O2/c1-20(2)31(36)22-10-13-25-27(19-22)30-15-14-29(25)35(30)18-16-21-8-11-23(12-9-21)34-32(37)26-5-3-7-28-24(26)6-4-17-33-28/h3-7,10,13,17,19-21,23,29-30H,8-9,11-12,14-16,18H2,1-2H3,(H,34,37)/t21?,23?,29-,30+/m0/s1. The Hall–Kier alpha value is -3.05. The molecule has 2 fully saturated rings. The first kappa shape index (κ1) is 24.3. The Morgan fingerprint density at radius 2 is 1.73 bits per heavy atom. The van der Waals surface area contributed by atoms with E-state index in [0.29, 0.717) is 12.1 Å². The van der Waals surface area contributed by atoms with E-state index < -0.39 is 0 Å². The van der Waals surface area contributed by atoms with Crippen molar-refractivity contribution in [1.29, 1.82) is 0 Å². The smallest absolute Gasteiger partial charge is 0.252 e. The van der Waals surface area contributed by atoms with Crippen LogP contribution in [0.2, 0.25) is 0 Å². The van der Waals surface area contributed by atoms with Crippen LogP contribution in [0, 0.1) is 11.8 Å². The molecule has 6 rings (SSSR count). The Morgan fingerprint density at radius 1 is 0.946 bits per heavy atom. The highest BCUT2D eigenvalue weighted by Gasteiger charge is 2.43. The van der Waals surface area contributed by atoms with Crippen molar-refractivity contribution >= 4 is 22.6 Å². The predicted molar refractivity (Wildman–Crippen MR) is 147 cm³/mol. The van der Waals surface area contributed by atoms with Crippen molar-refractivity contribution in [3.05, 3.63) is 77.0 Å². The highest BCUT2D eigenvalue weighted by molar-refractivity contribution is 6.06. The molecule has 3 aromatic rings. The second-order valence-corrected chi connectivity index (χ2v) is 11.6. The third-order valence-electron chi connectivity index (χ3n) is 9.00. The van der Waals surface area contributed by atoms with Crippen LogP contribution in [0.4, 0.5) is 0 Å². The van der Waals surface area contributed by atoms with Gasteiger partial charge in [-0.2, -0.15) is 0 Å². The average Bonchev–Trinajstić information content (AvgIpc) is 3.47. The van der Waals surface area contributed by atoms with E-state index in [4.69, 9.17) is 0 Å². The molecule has 37 heavy (non-hydrogen) atoms. The Kier molecular flexibility index (Phi) is 6.58. The molecule has 5 nitrogen and oxygen atoms in total. The molecule has 0 unspecified atom stereocenters. The fourth-order valence-electron chi connectivity index (χ4n) is 6.99. The lowest BCUT2D eigenvalue weighted by Crippen LogP contribution is -2.38. The van der Waals surface area contributed by atoms with Crippen LogP contribution in [-0.4, -0.2) is 34.2 Å². The van der Waals surface area contributed by atoms with Crippen LogP contribution in [-0.2, 0) is 0 Å². The molecule has 0 spiro atoms. The largest absolute Gasteiger partial charge is 0.349 e. The third-order valence-corrected chi connectivity index (χ3v) is 9.00. The quantitative estimate of drug-likeness (QED) is 0.373. The third kappa shape index (κ3) is 4.59. The van der Waals surface area contributed by atoms with Gasteiger partial charge in [0, 0.05) is 46.8 Å². The lowest BCUT2D eigenvalue weighted by atomic mass is 9.84. The first-order chi connectivity index (χ1) is 18.0. The molecule has 2 bridgehead atoms. The van der Waals surface area contributed by atoms with E-state index in [1.165, 1.54) is 43.2 Å². The zero-order chi connectivity index (χ0) is 25.5. The van der Waals surface area contributed by atoms with Crippen molar-refractivity contribution in [1.82, 2.24) is 15.2 Å². The summed E-state index contributed by atoms with van der Waals surface area (Å²) in [5, 5.41) is 4.21. The molecule has 1 saturated heterocycles. The second kappa shape index (κ2) is 10.0. The van der Waals surface area contributed by atoms with Crippen molar-refractivity contribution in [3.63, 3.8) is 0 Å². The van der Waals surface area contributed by atoms with E-state index in [1.54, 1.807) is 6.20 Å². The Morgan fingerprint density at radius 3 is 2.51 bits per heavy atom. The average molecular weight is 496 g/mol. The van der Waals surface area contributed by atoms with Gasteiger partial charge >= 0.3 is 0 Å². The zero-order valence-corrected chi connectivity index (χ0v) is 22.0. The number of ketones is 1. The van der Waals surface area contributed by atoms with Gasteiger partial charge in [-0.25, -0.2) is 0 Å². The number of pyridine rings is 1. The first-order valence-electron chi connectivity index (χ1n) is 14.1. The highest BCUT2D eigenvalue weighted by Crippen LogP contribution is 2.53. The first-order valence-corrected chi connectivity index (χ1v) is 14.1. The minimum Gasteiger partial charge on any atom is -0.349 e. The molecule has 1 amide bonds. The SMILES string of the molecule is CC(C)C(=O)c1ccc2c(c1)[C@H]1CC[C@@H]2N1CCC1CCC(NC(=O)c2cccc3ncccc23)CC1. The molecule has 3 aliphatic rings. The number of hydrogen-bond donors (Lipinski definition) is 1. The molecular formula is C32H37N3O2. The van der Waals surface area contributed by atoms with Crippen LogP contribution < -0.4 is 5.32 Å². The van der Waals surface area contributed by atoms with Gasteiger partial charge < -0.3 is 5.32 Å². The number of rotatable bonds is 7. The summed E-state index contributed by atoms with van der Waals surface area (Å²) >= 11 is 0. The molecule has 1 N–H and O–H groups in total. The van der Waals surface area contributed by atoms with Crippen LogP contribution >= 0.6 is 0 Å². The summed E-state index contributed by atoms with van der Waals surface area (Å²) in [6, 6.07) is 17.3. The van der Waals surface area contributed by atoms with Gasteiger partial charge in [-0.3, -0.25) is 19.5 Å². The number of Topliss-reactive ketones (excluding diaryl/α,β-unsaturated/α-hetero) is 1. The molecule has 2 atom stereocenters. The zero-order valence-electron chi connectivity index (χ0n) is 22.0. The van der Waals surface area contributed by atoms with Gasteiger partial charge in [-0.15, -0.1) is 0 Å². The maximum absolute atomic E-state index is 13.0. The van der Waals surface area contributed by atoms with Crippen molar-refractivity contribution in [2.24, 2.45) is 11.8 Å². The summed E-state index contributed by atoms with van der Waals surface area (Å²) < 4.78 is 0. The lowest BCUT2D eigenvalue weighted by Gasteiger charge is -2.31. The Labute approximate surface area is 219 Å². The van der Waals surface area contributed by atoms with Crippen molar-refractivity contribution in [2.45, 2.75) is 76.9 Å². The van der Waals surface area contributed by atoms with Crippen molar-refractivity contribution < 1.29 is 9.59 Å². The molecule has 1 aliphatic carbocycles. The molecule has 2 aliphatic heterocycles. The normalized spacial score (nSPS) is 24.9. The highest BCUT2D eigenvalue weighted by atomic mass is 16.1. The van der Waals surface area contributed by atoms with Gasteiger partial charge in [0.2, 0.25) is 0 Å². The minimum atomic E-state index is 0.0174. The number of nitrogens with one attached hydrogen (secondary N) is 1. The van der Waals surface area contributed by atoms with Crippen LogP contribution in [0.15, 0.2) is 54.7 Å². The van der Waals surface area contributed by atoms with E-state index >= 15 is 0 Å². The van der Waals surface area contributed by atoms with Gasteiger partial charge in [0.05, 0.1) is 5.52 Å². The number of amides is 1. The fraction of sp³-hybridized carbons (Fsp3) is 0.469. The van der Waals surface area contributed by atoms with E-state index in [9.17, 15) is 9.59 Å². The number of benzene rings is 2. The number of nitrogens with zero attached hydrogens (tertiary/aromatic N) is 2. The van der Waals surface area contributed by atoms with Crippen molar-refractivity contribution in [2.75, 3.05) is 6.54 Å². The van der Waals surface area contributed by atoms with Crippen molar-refractivity contribution in [3.8, 4) is 0 Å². The predicted octanol–water partition coefficient (Wildman–Crippen LogP) is 6.64.